The molecule has 0 spiro atoms. The Morgan fingerprint density at radius 2 is 1.60 bits per heavy atom. The van der Waals surface area contributed by atoms with Crippen molar-refractivity contribution in [1.29, 1.82) is 0 Å². The fourth-order valence-corrected chi connectivity index (χ4v) is 2.87. The fourth-order valence-electron chi connectivity index (χ4n) is 2.87. The minimum Gasteiger partial charge on any atom is -0.455 e. The van der Waals surface area contributed by atoms with Crippen LogP contribution in [-0.4, -0.2) is 0 Å². The number of halogens is 3. The SMILES string of the molecule is O=c1cc(-c2cccc(C(F)(F)F)c2)oc2c1ccc1ccccc12. The maximum Gasteiger partial charge on any atom is 0.416 e. The zero-order chi connectivity index (χ0) is 17.6. The van der Waals surface area contributed by atoms with Crippen molar-refractivity contribution in [1.82, 2.24) is 0 Å². The molecular formula is C20H11F3O2. The van der Waals surface area contributed by atoms with Crippen LogP contribution in [0.15, 0.2) is 75.9 Å². The molecule has 25 heavy (non-hydrogen) atoms. The van der Waals surface area contributed by atoms with E-state index in [0.29, 0.717) is 11.0 Å². The van der Waals surface area contributed by atoms with E-state index < -0.39 is 11.7 Å². The smallest absolute Gasteiger partial charge is 0.416 e. The molecule has 0 unspecified atom stereocenters. The first-order valence-corrected chi connectivity index (χ1v) is 7.57. The van der Waals surface area contributed by atoms with Gasteiger partial charge in [-0.25, -0.2) is 0 Å². The molecule has 0 aliphatic carbocycles. The highest BCUT2D eigenvalue weighted by molar-refractivity contribution is 6.04. The average molecular weight is 340 g/mol. The van der Waals surface area contributed by atoms with Gasteiger partial charge in [-0.1, -0.05) is 42.5 Å². The van der Waals surface area contributed by atoms with Crippen molar-refractivity contribution >= 4 is 21.7 Å². The molecule has 1 heterocycles. The standard InChI is InChI=1S/C20H11F3O2/c21-20(22,23)14-6-3-5-13(10-14)18-11-17(24)16-9-8-12-4-1-2-7-15(12)19(16)25-18/h1-11H. The van der Waals surface area contributed by atoms with E-state index in [1.807, 2.05) is 30.3 Å². The Morgan fingerprint density at radius 1 is 0.800 bits per heavy atom. The highest BCUT2D eigenvalue weighted by Crippen LogP contribution is 2.33. The second-order valence-electron chi connectivity index (χ2n) is 5.72. The fraction of sp³-hybridized carbons (Fsp3) is 0.0500. The van der Waals surface area contributed by atoms with Crippen LogP contribution in [0.5, 0.6) is 0 Å². The van der Waals surface area contributed by atoms with Gasteiger partial charge in [0.15, 0.2) is 5.43 Å². The molecule has 2 nitrogen and oxygen atoms in total. The van der Waals surface area contributed by atoms with Crippen molar-refractivity contribution in [3.8, 4) is 11.3 Å². The Bertz CT molecular complexity index is 1160. The van der Waals surface area contributed by atoms with Gasteiger partial charge in [-0.3, -0.25) is 4.79 Å². The number of hydrogen-bond donors (Lipinski definition) is 0. The lowest BCUT2D eigenvalue weighted by molar-refractivity contribution is -0.137. The average Bonchev–Trinajstić information content (AvgIpc) is 2.61. The van der Waals surface area contributed by atoms with Gasteiger partial charge >= 0.3 is 6.18 Å². The molecule has 0 radical (unpaired) electrons. The van der Waals surface area contributed by atoms with E-state index in [9.17, 15) is 18.0 Å². The van der Waals surface area contributed by atoms with Gasteiger partial charge in [-0.2, -0.15) is 13.2 Å². The summed E-state index contributed by atoms with van der Waals surface area (Å²) in [5.74, 6) is 0.111. The van der Waals surface area contributed by atoms with Gasteiger partial charge < -0.3 is 4.42 Å². The zero-order valence-electron chi connectivity index (χ0n) is 12.8. The maximum atomic E-state index is 12.9. The van der Waals surface area contributed by atoms with Crippen molar-refractivity contribution in [3.63, 3.8) is 0 Å². The lowest BCUT2D eigenvalue weighted by atomic mass is 10.0. The molecule has 5 heteroatoms. The molecule has 0 saturated carbocycles. The molecule has 4 aromatic rings. The van der Waals surface area contributed by atoms with Crippen molar-refractivity contribution in [2.75, 3.05) is 0 Å². The van der Waals surface area contributed by atoms with Gasteiger partial charge in [0.2, 0.25) is 0 Å². The first-order valence-electron chi connectivity index (χ1n) is 7.57. The zero-order valence-corrected chi connectivity index (χ0v) is 12.8. The summed E-state index contributed by atoms with van der Waals surface area (Å²) in [5.41, 5.74) is -0.496. The molecule has 0 saturated heterocycles. The summed E-state index contributed by atoms with van der Waals surface area (Å²) >= 11 is 0. The number of fused-ring (bicyclic) bond motifs is 3. The summed E-state index contributed by atoms with van der Waals surface area (Å²) in [5, 5.41) is 2.03. The van der Waals surface area contributed by atoms with E-state index in [1.54, 1.807) is 6.07 Å². The minimum atomic E-state index is -4.46. The molecule has 0 aliphatic heterocycles. The Morgan fingerprint density at radius 3 is 2.40 bits per heavy atom. The van der Waals surface area contributed by atoms with E-state index in [2.05, 4.69) is 0 Å². The molecule has 0 N–H and O–H groups in total. The Balaban J connectivity index is 2.00. The van der Waals surface area contributed by atoms with E-state index in [0.717, 1.165) is 22.9 Å². The second kappa shape index (κ2) is 5.48. The largest absolute Gasteiger partial charge is 0.455 e. The molecule has 0 bridgehead atoms. The van der Waals surface area contributed by atoms with Crippen LogP contribution < -0.4 is 5.43 Å². The number of benzene rings is 3. The van der Waals surface area contributed by atoms with Crippen LogP contribution in [0, 0.1) is 0 Å². The normalized spacial score (nSPS) is 12.0. The first kappa shape index (κ1) is 15.4. The Kier molecular flexibility index (Phi) is 3.39. The third-order valence-corrected chi connectivity index (χ3v) is 4.09. The summed E-state index contributed by atoms with van der Waals surface area (Å²) in [6, 6.07) is 16.8. The molecule has 0 amide bonds. The molecule has 124 valence electrons. The van der Waals surface area contributed by atoms with Crippen LogP contribution >= 0.6 is 0 Å². The molecule has 4 rings (SSSR count). The summed E-state index contributed by atoms with van der Waals surface area (Å²) in [6.07, 6.45) is -4.46. The molecular weight excluding hydrogens is 329 g/mol. The predicted octanol–water partition coefficient (Wildman–Crippen LogP) is 5.63. The van der Waals surface area contributed by atoms with Crippen LogP contribution in [0.2, 0.25) is 0 Å². The van der Waals surface area contributed by atoms with Crippen LogP contribution in [0.4, 0.5) is 13.2 Å². The van der Waals surface area contributed by atoms with Crippen molar-refractivity contribution in [3.05, 3.63) is 82.5 Å². The van der Waals surface area contributed by atoms with E-state index >= 15 is 0 Å². The van der Waals surface area contributed by atoms with Crippen LogP contribution in [0.3, 0.4) is 0 Å². The van der Waals surface area contributed by atoms with Gasteiger partial charge in [-0.05, 0) is 23.6 Å². The molecule has 0 fully saturated rings. The number of alkyl halides is 3. The van der Waals surface area contributed by atoms with Gasteiger partial charge in [-0.15, -0.1) is 0 Å². The van der Waals surface area contributed by atoms with Gasteiger partial charge in [0.25, 0.3) is 0 Å². The second-order valence-corrected chi connectivity index (χ2v) is 5.72. The Labute approximate surface area is 140 Å². The van der Waals surface area contributed by atoms with Gasteiger partial charge in [0.1, 0.15) is 11.3 Å². The number of rotatable bonds is 1. The summed E-state index contributed by atoms with van der Waals surface area (Å²) < 4.78 is 44.6. The van der Waals surface area contributed by atoms with Gasteiger partial charge in [0, 0.05) is 17.0 Å². The predicted molar refractivity (Wildman–Crippen MR) is 90.4 cm³/mol. The number of hydrogen-bond acceptors (Lipinski definition) is 2. The first-order chi connectivity index (χ1) is 11.9. The van der Waals surface area contributed by atoms with Gasteiger partial charge in [0.05, 0.1) is 10.9 Å². The third-order valence-electron chi connectivity index (χ3n) is 4.09. The van der Waals surface area contributed by atoms with Crippen molar-refractivity contribution < 1.29 is 17.6 Å². The highest BCUT2D eigenvalue weighted by atomic mass is 19.4. The van der Waals surface area contributed by atoms with Crippen LogP contribution in [-0.2, 0) is 6.18 Å². The molecule has 0 aliphatic rings. The van der Waals surface area contributed by atoms with Crippen LogP contribution in [0.25, 0.3) is 33.1 Å². The molecule has 0 atom stereocenters. The summed E-state index contributed by atoms with van der Waals surface area (Å²) in [6.45, 7) is 0. The van der Waals surface area contributed by atoms with E-state index in [-0.39, 0.29) is 16.8 Å². The topological polar surface area (TPSA) is 30.2 Å². The highest BCUT2D eigenvalue weighted by Gasteiger charge is 2.30. The lowest BCUT2D eigenvalue weighted by Gasteiger charge is -2.09. The third kappa shape index (κ3) is 2.67. The minimum absolute atomic E-state index is 0.111. The maximum absolute atomic E-state index is 12.9. The Hall–Kier alpha value is -3.08. The van der Waals surface area contributed by atoms with E-state index in [1.165, 1.54) is 18.2 Å². The summed E-state index contributed by atoms with van der Waals surface area (Å²) in [4.78, 5) is 12.4. The van der Waals surface area contributed by atoms with Crippen molar-refractivity contribution in [2.24, 2.45) is 0 Å². The van der Waals surface area contributed by atoms with Crippen molar-refractivity contribution in [2.45, 2.75) is 6.18 Å². The van der Waals surface area contributed by atoms with Crippen LogP contribution in [0.1, 0.15) is 5.56 Å². The lowest BCUT2D eigenvalue weighted by Crippen LogP contribution is -2.05. The summed E-state index contributed by atoms with van der Waals surface area (Å²) in [7, 11) is 0. The monoisotopic (exact) mass is 340 g/mol. The molecule has 3 aromatic carbocycles. The van der Waals surface area contributed by atoms with E-state index in [4.69, 9.17) is 4.42 Å². The molecule has 1 aromatic heterocycles. The quantitative estimate of drug-likeness (QED) is 0.420.